The number of aliphatic hydroxyl groups is 1. The molecule has 0 spiro atoms. The van der Waals surface area contributed by atoms with Gasteiger partial charge in [0.15, 0.2) is 0 Å². The molecule has 1 aromatic heterocycles. The first-order valence-corrected chi connectivity index (χ1v) is 4.92. The minimum absolute atomic E-state index is 0.235. The summed E-state index contributed by atoms with van der Waals surface area (Å²) < 4.78 is 1.81. The van der Waals surface area contributed by atoms with Crippen molar-refractivity contribution in [3.05, 3.63) is 17.5 Å². The fraction of sp³-hybridized carbons (Fsp3) is 0.700. The third-order valence-electron chi connectivity index (χ3n) is 2.24. The van der Waals surface area contributed by atoms with Crippen LogP contribution in [0.3, 0.4) is 0 Å². The summed E-state index contributed by atoms with van der Waals surface area (Å²) in [6.45, 7) is 6.45. The largest absolute Gasteiger partial charge is 0.392 e. The van der Waals surface area contributed by atoms with E-state index in [0.29, 0.717) is 6.54 Å². The van der Waals surface area contributed by atoms with Gasteiger partial charge in [-0.15, -0.1) is 0 Å². The number of hydrogen-bond acceptors (Lipinski definition) is 3. The highest BCUT2D eigenvalue weighted by Crippen LogP contribution is 2.14. The molecule has 4 heteroatoms. The van der Waals surface area contributed by atoms with Crippen LogP contribution in [0, 0.1) is 6.92 Å². The molecule has 0 bridgehead atoms. The summed E-state index contributed by atoms with van der Waals surface area (Å²) in [6.07, 6.45) is 1.70. The van der Waals surface area contributed by atoms with E-state index in [9.17, 15) is 0 Å². The van der Waals surface area contributed by atoms with Gasteiger partial charge < -0.3 is 10.4 Å². The van der Waals surface area contributed by atoms with Gasteiger partial charge in [-0.1, -0.05) is 0 Å². The Labute approximate surface area is 84.9 Å². The van der Waals surface area contributed by atoms with E-state index < -0.39 is 0 Å². The molecule has 2 N–H and O–H groups in total. The van der Waals surface area contributed by atoms with Gasteiger partial charge in [-0.05, 0) is 20.8 Å². The van der Waals surface area contributed by atoms with Gasteiger partial charge in [-0.25, -0.2) is 0 Å². The Bertz CT molecular complexity index is 294. The number of nitrogens with zero attached hydrogens (tertiary/aromatic N) is 2. The lowest BCUT2D eigenvalue weighted by atomic mass is 10.1. The van der Waals surface area contributed by atoms with Gasteiger partial charge in [0.25, 0.3) is 0 Å². The molecule has 2 atom stereocenters. The van der Waals surface area contributed by atoms with Crippen molar-refractivity contribution >= 4 is 0 Å². The average Bonchev–Trinajstić information content (AvgIpc) is 2.41. The van der Waals surface area contributed by atoms with Crippen molar-refractivity contribution in [3.63, 3.8) is 0 Å². The highest BCUT2D eigenvalue weighted by atomic mass is 16.3. The number of rotatable bonds is 4. The summed E-state index contributed by atoms with van der Waals surface area (Å²) in [7, 11) is 1.91. The summed E-state index contributed by atoms with van der Waals surface area (Å²) in [6, 6.07) is 0.235. The van der Waals surface area contributed by atoms with Crippen molar-refractivity contribution in [3.8, 4) is 0 Å². The lowest BCUT2D eigenvalue weighted by Crippen LogP contribution is -2.27. The Morgan fingerprint density at radius 1 is 1.57 bits per heavy atom. The van der Waals surface area contributed by atoms with Gasteiger partial charge in [0, 0.05) is 31.4 Å². The van der Waals surface area contributed by atoms with E-state index in [2.05, 4.69) is 17.3 Å². The maximum Gasteiger partial charge on any atom is 0.0641 e. The summed E-state index contributed by atoms with van der Waals surface area (Å²) in [5.41, 5.74) is 2.23. The molecule has 1 heterocycles. The zero-order valence-electron chi connectivity index (χ0n) is 9.28. The molecule has 1 unspecified atom stereocenters. The molecule has 0 saturated carbocycles. The second-order valence-corrected chi connectivity index (χ2v) is 3.82. The van der Waals surface area contributed by atoms with Gasteiger partial charge in [0.2, 0.25) is 0 Å². The van der Waals surface area contributed by atoms with Crippen molar-refractivity contribution < 1.29 is 5.11 Å². The highest BCUT2D eigenvalue weighted by molar-refractivity contribution is 5.19. The smallest absolute Gasteiger partial charge is 0.0641 e. The molecule has 0 aliphatic heterocycles. The third-order valence-corrected chi connectivity index (χ3v) is 2.24. The fourth-order valence-corrected chi connectivity index (χ4v) is 1.50. The molecular weight excluding hydrogens is 178 g/mol. The molecule has 0 fully saturated rings. The first-order valence-electron chi connectivity index (χ1n) is 4.92. The molecule has 1 aromatic rings. The van der Waals surface area contributed by atoms with E-state index in [0.717, 1.165) is 5.69 Å². The van der Waals surface area contributed by atoms with Crippen LogP contribution < -0.4 is 5.32 Å². The molecular formula is C10H19N3O. The van der Waals surface area contributed by atoms with Crippen molar-refractivity contribution in [2.75, 3.05) is 6.54 Å². The SMILES string of the molecule is Cc1nn(C)cc1C(C)NC[C@H](C)O. The molecule has 0 aromatic carbocycles. The van der Waals surface area contributed by atoms with Crippen LogP contribution in [0.4, 0.5) is 0 Å². The van der Waals surface area contributed by atoms with Crippen molar-refractivity contribution in [2.24, 2.45) is 7.05 Å². The maximum absolute atomic E-state index is 9.14. The Balaban J connectivity index is 2.60. The topological polar surface area (TPSA) is 50.1 Å². The van der Waals surface area contributed by atoms with E-state index in [-0.39, 0.29) is 12.1 Å². The highest BCUT2D eigenvalue weighted by Gasteiger charge is 2.11. The van der Waals surface area contributed by atoms with E-state index in [1.807, 2.05) is 24.9 Å². The minimum atomic E-state index is -0.311. The van der Waals surface area contributed by atoms with Gasteiger partial charge in [-0.2, -0.15) is 5.10 Å². The quantitative estimate of drug-likeness (QED) is 0.749. The molecule has 14 heavy (non-hydrogen) atoms. The standard InChI is InChI=1S/C10H19N3O/c1-7(14)5-11-8(2)10-6-13(4)12-9(10)3/h6-8,11,14H,5H2,1-4H3/t7-,8?/m0/s1. The predicted octanol–water partition coefficient (Wildman–Crippen LogP) is 0.760. The number of nitrogens with one attached hydrogen (secondary N) is 1. The van der Waals surface area contributed by atoms with Crippen molar-refractivity contribution in [2.45, 2.75) is 32.9 Å². The summed E-state index contributed by atoms with van der Waals surface area (Å²) in [4.78, 5) is 0. The molecule has 0 aliphatic carbocycles. The first-order chi connectivity index (χ1) is 6.50. The monoisotopic (exact) mass is 197 g/mol. The van der Waals surface area contributed by atoms with Crippen LogP contribution in [0.25, 0.3) is 0 Å². The lowest BCUT2D eigenvalue weighted by molar-refractivity contribution is 0.187. The summed E-state index contributed by atoms with van der Waals surface area (Å²) >= 11 is 0. The predicted molar refractivity (Wildman–Crippen MR) is 56.0 cm³/mol. The Kier molecular flexibility index (Phi) is 3.66. The van der Waals surface area contributed by atoms with Gasteiger partial charge in [0.05, 0.1) is 11.8 Å². The van der Waals surface area contributed by atoms with Crippen molar-refractivity contribution in [1.29, 1.82) is 0 Å². The second kappa shape index (κ2) is 4.57. The van der Waals surface area contributed by atoms with Crippen LogP contribution in [-0.4, -0.2) is 27.5 Å². The zero-order valence-corrected chi connectivity index (χ0v) is 9.28. The normalized spacial score (nSPS) is 15.5. The fourth-order valence-electron chi connectivity index (χ4n) is 1.50. The van der Waals surface area contributed by atoms with Crippen LogP contribution in [0.1, 0.15) is 31.1 Å². The number of aryl methyl sites for hydroxylation is 2. The Morgan fingerprint density at radius 2 is 2.21 bits per heavy atom. The molecule has 1 rings (SSSR count). The number of hydrogen-bond donors (Lipinski definition) is 2. The first kappa shape index (κ1) is 11.2. The summed E-state index contributed by atoms with van der Waals surface area (Å²) in [5.74, 6) is 0. The van der Waals surface area contributed by atoms with E-state index >= 15 is 0 Å². The van der Waals surface area contributed by atoms with Crippen LogP contribution in [0.15, 0.2) is 6.20 Å². The van der Waals surface area contributed by atoms with Crippen LogP contribution in [-0.2, 0) is 7.05 Å². The lowest BCUT2D eigenvalue weighted by Gasteiger charge is -2.14. The average molecular weight is 197 g/mol. The van der Waals surface area contributed by atoms with E-state index in [1.54, 1.807) is 6.92 Å². The molecule has 80 valence electrons. The molecule has 0 amide bonds. The Morgan fingerprint density at radius 3 is 2.64 bits per heavy atom. The van der Waals surface area contributed by atoms with Crippen LogP contribution >= 0.6 is 0 Å². The van der Waals surface area contributed by atoms with Gasteiger partial charge in [-0.3, -0.25) is 4.68 Å². The Hall–Kier alpha value is -0.870. The zero-order chi connectivity index (χ0) is 10.7. The maximum atomic E-state index is 9.14. The second-order valence-electron chi connectivity index (χ2n) is 3.82. The van der Waals surface area contributed by atoms with Crippen LogP contribution in [0.2, 0.25) is 0 Å². The number of aromatic nitrogens is 2. The molecule has 0 saturated heterocycles. The van der Waals surface area contributed by atoms with Gasteiger partial charge >= 0.3 is 0 Å². The van der Waals surface area contributed by atoms with Gasteiger partial charge in [0.1, 0.15) is 0 Å². The summed E-state index contributed by atoms with van der Waals surface area (Å²) in [5, 5.41) is 16.7. The van der Waals surface area contributed by atoms with E-state index in [4.69, 9.17) is 5.11 Å². The van der Waals surface area contributed by atoms with E-state index in [1.165, 1.54) is 5.56 Å². The van der Waals surface area contributed by atoms with Crippen molar-refractivity contribution in [1.82, 2.24) is 15.1 Å². The third kappa shape index (κ3) is 2.82. The molecule has 4 nitrogen and oxygen atoms in total. The number of aliphatic hydroxyl groups excluding tert-OH is 1. The minimum Gasteiger partial charge on any atom is -0.392 e. The van der Waals surface area contributed by atoms with Crippen LogP contribution in [0.5, 0.6) is 0 Å². The molecule has 0 aliphatic rings. The molecule has 0 radical (unpaired) electrons.